The molecule has 0 bridgehead atoms. The highest BCUT2D eigenvalue weighted by atomic mass is 16.6. The Morgan fingerprint density at radius 3 is 2.42 bits per heavy atom. The van der Waals surface area contributed by atoms with Crippen molar-refractivity contribution in [3.63, 3.8) is 0 Å². The van der Waals surface area contributed by atoms with Crippen LogP contribution in [0.4, 0.5) is 4.79 Å². The first-order valence-electron chi connectivity index (χ1n) is 6.72. The first-order valence-corrected chi connectivity index (χ1v) is 6.72. The first kappa shape index (κ1) is 15.8. The molecule has 0 saturated carbocycles. The number of nitrogens with zero attached hydrogens (tertiary/aromatic N) is 2. The zero-order valence-corrected chi connectivity index (χ0v) is 12.3. The largest absolute Gasteiger partial charge is 0.438 e. The molecule has 0 aliphatic carbocycles. The Hall–Kier alpha value is -1.30. The van der Waals surface area contributed by atoms with Crippen molar-refractivity contribution >= 4 is 12.0 Å². The Morgan fingerprint density at radius 2 is 2.00 bits per heavy atom. The van der Waals surface area contributed by atoms with Crippen LogP contribution in [0.15, 0.2) is 0 Å². The van der Waals surface area contributed by atoms with Crippen LogP contribution >= 0.6 is 0 Å². The van der Waals surface area contributed by atoms with Crippen LogP contribution in [0, 0.1) is 11.3 Å². The molecule has 1 rings (SSSR count). The molecule has 1 fully saturated rings. The molecule has 1 atom stereocenters. The van der Waals surface area contributed by atoms with Gasteiger partial charge in [0.25, 0.3) is 0 Å². The summed E-state index contributed by atoms with van der Waals surface area (Å²) in [7, 11) is 1.63. The van der Waals surface area contributed by atoms with Crippen LogP contribution in [0.2, 0.25) is 0 Å². The predicted molar refractivity (Wildman–Crippen MR) is 69.4 cm³/mol. The Labute approximate surface area is 114 Å². The number of ether oxygens (including phenoxy) is 1. The van der Waals surface area contributed by atoms with Gasteiger partial charge in [0.2, 0.25) is 6.23 Å². The summed E-state index contributed by atoms with van der Waals surface area (Å²) < 4.78 is 5.37. The fraction of sp³-hybridized carbons (Fsp3) is 0.846. The van der Waals surface area contributed by atoms with Gasteiger partial charge in [-0.25, -0.2) is 4.79 Å². The van der Waals surface area contributed by atoms with Crippen molar-refractivity contribution in [1.82, 2.24) is 9.96 Å². The summed E-state index contributed by atoms with van der Waals surface area (Å²) in [5, 5.41) is 10.6. The average molecular weight is 272 g/mol. The van der Waals surface area contributed by atoms with E-state index in [1.807, 2.05) is 13.8 Å². The molecule has 1 unspecified atom stereocenters. The Morgan fingerprint density at radius 1 is 1.47 bits per heavy atom. The van der Waals surface area contributed by atoms with Gasteiger partial charge >= 0.3 is 12.0 Å². The summed E-state index contributed by atoms with van der Waals surface area (Å²) in [6, 6.07) is -0.543. The zero-order valence-electron chi connectivity index (χ0n) is 12.3. The summed E-state index contributed by atoms with van der Waals surface area (Å²) in [5.41, 5.74) is -0.442. The number of urea groups is 1. The Kier molecular flexibility index (Phi) is 4.79. The van der Waals surface area contributed by atoms with E-state index in [2.05, 4.69) is 0 Å². The van der Waals surface area contributed by atoms with Crippen molar-refractivity contribution in [3.8, 4) is 0 Å². The fourth-order valence-corrected chi connectivity index (χ4v) is 2.40. The van der Waals surface area contributed by atoms with Crippen LogP contribution in [0.25, 0.3) is 0 Å². The van der Waals surface area contributed by atoms with E-state index in [0.29, 0.717) is 24.4 Å². The summed E-state index contributed by atoms with van der Waals surface area (Å²) in [6.07, 6.45) is 0.490. The van der Waals surface area contributed by atoms with E-state index >= 15 is 0 Å². The molecule has 0 spiro atoms. The van der Waals surface area contributed by atoms with Gasteiger partial charge in [0.1, 0.15) is 0 Å². The van der Waals surface area contributed by atoms with Crippen LogP contribution < -0.4 is 0 Å². The van der Waals surface area contributed by atoms with Crippen LogP contribution in [-0.4, -0.2) is 47.0 Å². The molecule has 1 heterocycles. The van der Waals surface area contributed by atoms with Crippen molar-refractivity contribution in [1.29, 1.82) is 0 Å². The van der Waals surface area contributed by atoms with E-state index in [0.717, 1.165) is 0 Å². The van der Waals surface area contributed by atoms with Crippen LogP contribution in [0.1, 0.15) is 40.5 Å². The number of carbonyl (C=O) groups is 2. The van der Waals surface area contributed by atoms with Crippen molar-refractivity contribution in [3.05, 3.63) is 0 Å². The monoisotopic (exact) mass is 272 g/mol. The zero-order chi connectivity index (χ0) is 14.8. The number of amides is 2. The smallest absolute Gasteiger partial charge is 0.346 e. The van der Waals surface area contributed by atoms with Crippen molar-refractivity contribution in [2.75, 3.05) is 13.6 Å². The topological polar surface area (TPSA) is 70.1 Å². The number of carbonyl (C=O) groups excluding carboxylic acids is 2. The molecule has 6 nitrogen and oxygen atoms in total. The van der Waals surface area contributed by atoms with Crippen molar-refractivity contribution < 1.29 is 19.5 Å². The number of rotatable bonds is 4. The number of hydroxylamine groups is 2. The number of hydrogen-bond donors (Lipinski definition) is 1. The lowest BCUT2D eigenvalue weighted by molar-refractivity contribution is -0.246. The van der Waals surface area contributed by atoms with Crippen LogP contribution in [0.5, 0.6) is 0 Å². The van der Waals surface area contributed by atoms with Gasteiger partial charge in [-0.1, -0.05) is 27.7 Å². The highest BCUT2D eigenvalue weighted by Gasteiger charge is 2.50. The molecule has 0 aromatic heterocycles. The summed E-state index contributed by atoms with van der Waals surface area (Å²) >= 11 is 0. The van der Waals surface area contributed by atoms with E-state index in [4.69, 9.17) is 4.74 Å². The maximum Gasteiger partial charge on any atom is 0.346 e. The molecule has 110 valence electrons. The molecule has 19 heavy (non-hydrogen) atoms. The maximum absolute atomic E-state index is 11.8. The van der Waals surface area contributed by atoms with Gasteiger partial charge in [-0.05, 0) is 12.8 Å². The van der Waals surface area contributed by atoms with E-state index in [1.165, 1.54) is 4.90 Å². The summed E-state index contributed by atoms with van der Waals surface area (Å²) in [4.78, 5) is 25.0. The summed E-state index contributed by atoms with van der Waals surface area (Å²) in [5.74, 6) is -0.706. The lowest BCUT2D eigenvalue weighted by Gasteiger charge is -2.48. The number of esters is 1. The van der Waals surface area contributed by atoms with Crippen molar-refractivity contribution in [2.45, 2.75) is 46.8 Å². The fourth-order valence-electron chi connectivity index (χ4n) is 2.40. The molecular formula is C13H24N2O4. The second-order valence-corrected chi connectivity index (χ2v) is 5.50. The normalized spacial score (nSPS) is 22.9. The minimum atomic E-state index is -0.916. The molecule has 1 N–H and O–H groups in total. The Balaban J connectivity index is 3.05. The lowest BCUT2D eigenvalue weighted by atomic mass is 9.78. The quantitative estimate of drug-likeness (QED) is 0.628. The molecule has 1 aliphatic rings. The molecule has 0 radical (unpaired) electrons. The molecule has 2 amide bonds. The average Bonchev–Trinajstić information content (AvgIpc) is 2.39. The first-order chi connectivity index (χ1) is 8.79. The molecule has 6 heteroatoms. The second-order valence-electron chi connectivity index (χ2n) is 5.50. The van der Waals surface area contributed by atoms with Crippen molar-refractivity contribution in [2.24, 2.45) is 11.3 Å². The van der Waals surface area contributed by atoms with E-state index in [1.54, 1.807) is 20.9 Å². The third kappa shape index (κ3) is 2.83. The van der Waals surface area contributed by atoms with Gasteiger partial charge in [-0.2, -0.15) is 5.06 Å². The molecular weight excluding hydrogens is 248 g/mol. The van der Waals surface area contributed by atoms with E-state index < -0.39 is 23.6 Å². The second kappa shape index (κ2) is 5.77. The highest BCUT2D eigenvalue weighted by molar-refractivity contribution is 5.76. The minimum absolute atomic E-state index is 0.297. The van der Waals surface area contributed by atoms with Gasteiger partial charge < -0.3 is 9.64 Å². The lowest BCUT2D eigenvalue weighted by Crippen LogP contribution is -2.63. The molecule has 0 aromatic carbocycles. The highest BCUT2D eigenvalue weighted by Crippen LogP contribution is 2.38. The Bertz CT molecular complexity index is 353. The third-order valence-electron chi connectivity index (χ3n) is 3.93. The number of hydrogen-bond acceptors (Lipinski definition) is 4. The van der Waals surface area contributed by atoms with Gasteiger partial charge in [-0.15, -0.1) is 0 Å². The standard InChI is InChI=1S/C13H24N2O4/c1-6-13(7-2)8-14(5)12(17)15(18)11(13)19-10(16)9(3)4/h9,11,18H,6-8H2,1-5H3. The minimum Gasteiger partial charge on any atom is -0.438 e. The van der Waals surface area contributed by atoms with E-state index in [-0.39, 0.29) is 5.92 Å². The SMILES string of the molecule is CCC1(CC)CN(C)C(=O)N(O)C1OC(=O)C(C)C. The van der Waals surface area contributed by atoms with E-state index in [9.17, 15) is 14.8 Å². The molecule has 0 aromatic rings. The van der Waals surface area contributed by atoms with Gasteiger partial charge in [0.05, 0.1) is 5.92 Å². The molecule has 1 aliphatic heterocycles. The van der Waals surface area contributed by atoms with Crippen LogP contribution in [0.3, 0.4) is 0 Å². The van der Waals surface area contributed by atoms with Crippen LogP contribution in [-0.2, 0) is 9.53 Å². The maximum atomic E-state index is 11.8. The molecule has 1 saturated heterocycles. The predicted octanol–water partition coefficient (Wildman–Crippen LogP) is 2.07. The summed E-state index contributed by atoms with van der Waals surface area (Å²) in [6.45, 7) is 7.85. The van der Waals surface area contributed by atoms with Gasteiger partial charge in [0, 0.05) is 19.0 Å². The van der Waals surface area contributed by atoms with Gasteiger partial charge in [0.15, 0.2) is 0 Å². The van der Waals surface area contributed by atoms with Gasteiger partial charge in [-0.3, -0.25) is 10.0 Å². The third-order valence-corrected chi connectivity index (χ3v) is 3.93.